The minimum absolute atomic E-state index is 0.240. The third kappa shape index (κ3) is 3.24. The van der Waals surface area contributed by atoms with Gasteiger partial charge in [0.25, 0.3) is 5.91 Å². The number of amides is 1. The number of carbonyl (C=O) groups excluding carboxylic acids is 1. The average molecular weight is 325 g/mol. The largest absolute Gasteiger partial charge is 0.707 e. The van der Waals surface area contributed by atoms with Crippen molar-refractivity contribution in [2.24, 2.45) is 5.73 Å². The summed E-state index contributed by atoms with van der Waals surface area (Å²) in [5.41, 5.74) is 9.14. The highest BCUT2D eigenvalue weighted by molar-refractivity contribution is 6.33. The Bertz CT molecular complexity index is 890. The van der Waals surface area contributed by atoms with Gasteiger partial charge in [-0.25, -0.2) is 4.98 Å². The standard InChI is InChI=1S/C16H16BN3O4/c1-10-8-14-15(7-6-13(19-14)16(18)21)20(10)9-11-2-4-12(5-3-11)24-17(22)23/h2-8,22-23H,9H2,1H3,(H2,18,21). The van der Waals surface area contributed by atoms with E-state index in [1.54, 1.807) is 18.2 Å². The predicted octanol–water partition coefficient (Wildman–Crippen LogP) is 0.840. The van der Waals surface area contributed by atoms with E-state index < -0.39 is 13.2 Å². The van der Waals surface area contributed by atoms with Crippen LogP contribution in [0.25, 0.3) is 11.0 Å². The lowest BCUT2D eigenvalue weighted by atomic mass is 10.2. The molecule has 4 N–H and O–H groups in total. The maximum Gasteiger partial charge on any atom is 0.707 e. The van der Waals surface area contributed by atoms with Crippen molar-refractivity contribution in [1.29, 1.82) is 0 Å². The fourth-order valence-corrected chi connectivity index (χ4v) is 2.59. The summed E-state index contributed by atoms with van der Waals surface area (Å²) in [6.07, 6.45) is 0. The summed E-state index contributed by atoms with van der Waals surface area (Å²) in [7, 11) is -1.84. The molecule has 0 aliphatic carbocycles. The van der Waals surface area contributed by atoms with Crippen molar-refractivity contribution in [2.45, 2.75) is 13.5 Å². The molecule has 0 saturated carbocycles. The molecule has 2 aromatic heterocycles. The number of hydrogen-bond acceptors (Lipinski definition) is 5. The van der Waals surface area contributed by atoms with Crippen LogP contribution in [0.4, 0.5) is 0 Å². The van der Waals surface area contributed by atoms with Gasteiger partial charge in [-0.3, -0.25) is 4.79 Å². The van der Waals surface area contributed by atoms with Crippen molar-refractivity contribution in [1.82, 2.24) is 9.55 Å². The third-order valence-corrected chi connectivity index (χ3v) is 3.72. The number of nitrogens with two attached hydrogens (primary N) is 1. The molecule has 0 spiro atoms. The Balaban J connectivity index is 1.89. The molecule has 2 heterocycles. The second-order valence-corrected chi connectivity index (χ2v) is 5.43. The lowest BCUT2D eigenvalue weighted by molar-refractivity contribution is 0.0996. The van der Waals surface area contributed by atoms with Crippen molar-refractivity contribution in [3.8, 4) is 5.75 Å². The van der Waals surface area contributed by atoms with Gasteiger partial charge in [-0.05, 0) is 42.8 Å². The van der Waals surface area contributed by atoms with Crippen LogP contribution >= 0.6 is 0 Å². The molecular weight excluding hydrogens is 309 g/mol. The molecule has 0 unspecified atom stereocenters. The number of primary amides is 1. The summed E-state index contributed by atoms with van der Waals surface area (Å²) in [6.45, 7) is 2.57. The van der Waals surface area contributed by atoms with Crippen molar-refractivity contribution in [3.05, 3.63) is 59.4 Å². The number of pyridine rings is 1. The van der Waals surface area contributed by atoms with Crippen molar-refractivity contribution in [2.75, 3.05) is 0 Å². The Hall–Kier alpha value is -2.84. The van der Waals surface area contributed by atoms with Gasteiger partial charge in [0.15, 0.2) is 0 Å². The minimum atomic E-state index is -1.84. The Morgan fingerprint density at radius 3 is 2.58 bits per heavy atom. The van der Waals surface area contributed by atoms with Gasteiger partial charge in [0, 0.05) is 12.2 Å². The Kier molecular flexibility index (Phi) is 4.24. The van der Waals surface area contributed by atoms with Gasteiger partial charge in [0.05, 0.1) is 11.0 Å². The summed E-state index contributed by atoms with van der Waals surface area (Å²) in [5.74, 6) is -0.181. The molecule has 0 atom stereocenters. The lowest BCUT2D eigenvalue weighted by Crippen LogP contribution is -2.20. The van der Waals surface area contributed by atoms with Crippen molar-refractivity contribution >= 4 is 24.3 Å². The van der Waals surface area contributed by atoms with Crippen LogP contribution in [0.5, 0.6) is 5.75 Å². The summed E-state index contributed by atoms with van der Waals surface area (Å²) in [5, 5.41) is 17.6. The van der Waals surface area contributed by atoms with Crippen LogP contribution in [0.2, 0.25) is 0 Å². The molecule has 3 aromatic rings. The van der Waals surface area contributed by atoms with Crippen LogP contribution in [0, 0.1) is 6.92 Å². The molecule has 0 aliphatic heterocycles. The molecule has 7 nitrogen and oxygen atoms in total. The van der Waals surface area contributed by atoms with E-state index in [1.807, 2.05) is 31.2 Å². The van der Waals surface area contributed by atoms with E-state index >= 15 is 0 Å². The number of benzene rings is 1. The monoisotopic (exact) mass is 325 g/mol. The fourth-order valence-electron chi connectivity index (χ4n) is 2.59. The summed E-state index contributed by atoms with van der Waals surface area (Å²) >= 11 is 0. The van der Waals surface area contributed by atoms with Gasteiger partial charge in [0.1, 0.15) is 11.4 Å². The van der Waals surface area contributed by atoms with Crippen LogP contribution in [-0.4, -0.2) is 32.8 Å². The van der Waals surface area contributed by atoms with Gasteiger partial charge in [-0.2, -0.15) is 0 Å². The Labute approximate surface area is 138 Å². The molecule has 3 rings (SSSR count). The van der Waals surface area contributed by atoms with Crippen LogP contribution in [-0.2, 0) is 6.54 Å². The van der Waals surface area contributed by atoms with Gasteiger partial charge >= 0.3 is 7.32 Å². The quantitative estimate of drug-likeness (QED) is 0.602. The predicted molar refractivity (Wildman–Crippen MR) is 89.4 cm³/mol. The van der Waals surface area contributed by atoms with E-state index in [4.69, 9.17) is 20.4 Å². The van der Waals surface area contributed by atoms with E-state index in [-0.39, 0.29) is 5.69 Å². The Morgan fingerprint density at radius 2 is 1.96 bits per heavy atom. The highest BCUT2D eigenvalue weighted by Gasteiger charge is 2.12. The molecule has 0 fully saturated rings. The first-order valence-corrected chi connectivity index (χ1v) is 7.32. The van der Waals surface area contributed by atoms with E-state index in [2.05, 4.69) is 9.55 Å². The molecule has 0 aliphatic rings. The average Bonchev–Trinajstić information content (AvgIpc) is 2.83. The number of aromatic nitrogens is 2. The van der Waals surface area contributed by atoms with Crippen molar-refractivity contribution < 1.29 is 19.5 Å². The molecule has 0 saturated heterocycles. The van der Waals surface area contributed by atoms with Crippen LogP contribution < -0.4 is 10.4 Å². The van der Waals surface area contributed by atoms with Crippen molar-refractivity contribution in [3.63, 3.8) is 0 Å². The molecule has 1 aromatic carbocycles. The van der Waals surface area contributed by atoms with Crippen LogP contribution in [0.15, 0.2) is 42.5 Å². The first-order chi connectivity index (χ1) is 11.4. The summed E-state index contributed by atoms with van der Waals surface area (Å²) in [6, 6.07) is 12.4. The fraction of sp³-hybridized carbons (Fsp3) is 0.125. The van der Waals surface area contributed by atoms with Gasteiger partial charge in [0.2, 0.25) is 0 Å². The maximum absolute atomic E-state index is 11.2. The topological polar surface area (TPSA) is 111 Å². The van der Waals surface area contributed by atoms with Gasteiger partial charge in [-0.15, -0.1) is 0 Å². The molecule has 122 valence electrons. The number of fused-ring (bicyclic) bond motifs is 1. The first kappa shape index (κ1) is 16.0. The second kappa shape index (κ2) is 6.35. The van der Waals surface area contributed by atoms with E-state index in [0.29, 0.717) is 17.8 Å². The molecule has 24 heavy (non-hydrogen) atoms. The lowest BCUT2D eigenvalue weighted by Gasteiger charge is -2.10. The SMILES string of the molecule is Cc1cc2nc(C(N)=O)ccc2n1Cc1ccc(OB(O)O)cc1. The number of rotatable bonds is 5. The van der Waals surface area contributed by atoms with Crippen LogP contribution in [0.1, 0.15) is 21.7 Å². The number of nitrogens with zero attached hydrogens (tertiary/aromatic N) is 2. The molecular formula is C16H16BN3O4. The van der Waals surface area contributed by atoms with E-state index in [0.717, 1.165) is 16.8 Å². The number of carbonyl (C=O) groups is 1. The maximum atomic E-state index is 11.2. The van der Waals surface area contributed by atoms with Gasteiger partial charge in [-0.1, -0.05) is 12.1 Å². The minimum Gasteiger partial charge on any atom is -0.512 e. The smallest absolute Gasteiger partial charge is 0.512 e. The summed E-state index contributed by atoms with van der Waals surface area (Å²) < 4.78 is 6.86. The second-order valence-electron chi connectivity index (χ2n) is 5.43. The summed E-state index contributed by atoms with van der Waals surface area (Å²) in [4.78, 5) is 15.5. The molecule has 8 heteroatoms. The molecule has 0 bridgehead atoms. The van der Waals surface area contributed by atoms with Gasteiger partial charge < -0.3 is 25.0 Å². The number of aryl methyl sites for hydroxylation is 1. The zero-order chi connectivity index (χ0) is 17.3. The molecule has 0 radical (unpaired) electrons. The number of hydrogen-bond donors (Lipinski definition) is 3. The zero-order valence-electron chi connectivity index (χ0n) is 13.0. The van der Waals surface area contributed by atoms with E-state index in [9.17, 15) is 4.79 Å². The van der Waals surface area contributed by atoms with E-state index in [1.165, 1.54) is 0 Å². The first-order valence-electron chi connectivity index (χ1n) is 7.32. The Morgan fingerprint density at radius 1 is 1.25 bits per heavy atom. The normalized spacial score (nSPS) is 10.8. The highest BCUT2D eigenvalue weighted by Crippen LogP contribution is 2.21. The highest BCUT2D eigenvalue weighted by atomic mass is 16.6. The third-order valence-electron chi connectivity index (χ3n) is 3.72. The molecule has 1 amide bonds. The van der Waals surface area contributed by atoms with Crippen LogP contribution in [0.3, 0.4) is 0 Å². The zero-order valence-corrected chi connectivity index (χ0v) is 13.0.